The fourth-order valence-electron chi connectivity index (χ4n) is 1.07. The average Bonchev–Trinajstić information content (AvgIpc) is 1.99. The lowest BCUT2D eigenvalue weighted by Crippen LogP contribution is -2.52. The monoisotopic (exact) mass is 193 g/mol. The molecule has 0 bridgehead atoms. The number of rotatable bonds is 5. The Bertz CT molecular complexity index is 106. The summed E-state index contributed by atoms with van der Waals surface area (Å²) in [6.07, 6.45) is 2.28. The standard InChI is InChI=1S/C8H20ClNSi/c1-5-7-10-11(3,4)8(9)6-2/h8,10H,5-7H2,1-4H3. The highest BCUT2D eigenvalue weighted by Crippen LogP contribution is 2.14. The van der Waals surface area contributed by atoms with Gasteiger partial charge in [-0.05, 0) is 19.4 Å². The molecule has 11 heavy (non-hydrogen) atoms. The van der Waals surface area contributed by atoms with Gasteiger partial charge in [0.25, 0.3) is 0 Å². The zero-order valence-corrected chi connectivity index (χ0v) is 9.83. The molecule has 0 spiro atoms. The van der Waals surface area contributed by atoms with E-state index in [1.807, 2.05) is 0 Å². The highest BCUT2D eigenvalue weighted by molar-refractivity contribution is 6.82. The first-order valence-corrected chi connectivity index (χ1v) is 7.95. The zero-order chi connectivity index (χ0) is 8.91. The summed E-state index contributed by atoms with van der Waals surface area (Å²) in [5.74, 6) is 0. The van der Waals surface area contributed by atoms with Crippen molar-refractivity contribution in [3.63, 3.8) is 0 Å². The molecule has 0 saturated heterocycles. The summed E-state index contributed by atoms with van der Waals surface area (Å²) in [6, 6.07) is 0. The molecule has 1 unspecified atom stereocenters. The van der Waals surface area contributed by atoms with Gasteiger partial charge in [-0.1, -0.05) is 26.9 Å². The van der Waals surface area contributed by atoms with Crippen molar-refractivity contribution in [3.05, 3.63) is 0 Å². The van der Waals surface area contributed by atoms with E-state index in [1.165, 1.54) is 6.42 Å². The smallest absolute Gasteiger partial charge is 0.137 e. The van der Waals surface area contributed by atoms with Gasteiger partial charge in [0.15, 0.2) is 0 Å². The van der Waals surface area contributed by atoms with Crippen LogP contribution in [0.5, 0.6) is 0 Å². The van der Waals surface area contributed by atoms with Crippen LogP contribution in [0.15, 0.2) is 0 Å². The van der Waals surface area contributed by atoms with E-state index in [0.717, 1.165) is 13.0 Å². The van der Waals surface area contributed by atoms with E-state index in [0.29, 0.717) is 5.00 Å². The predicted octanol–water partition coefficient (Wildman–Crippen LogP) is 2.75. The summed E-state index contributed by atoms with van der Waals surface area (Å²) < 4.78 is 0. The van der Waals surface area contributed by atoms with Crippen LogP contribution in [0, 0.1) is 0 Å². The third-order valence-electron chi connectivity index (χ3n) is 1.97. The molecule has 1 N–H and O–H groups in total. The van der Waals surface area contributed by atoms with Crippen molar-refractivity contribution in [1.82, 2.24) is 4.98 Å². The number of hydrogen-bond donors (Lipinski definition) is 1. The predicted molar refractivity (Wildman–Crippen MR) is 55.7 cm³/mol. The van der Waals surface area contributed by atoms with Gasteiger partial charge in [-0.25, -0.2) is 0 Å². The maximum atomic E-state index is 6.19. The highest BCUT2D eigenvalue weighted by atomic mass is 35.5. The zero-order valence-electron chi connectivity index (χ0n) is 8.08. The SMILES string of the molecule is CCCN[Si](C)(C)C(Cl)CC. The molecule has 0 heterocycles. The minimum Gasteiger partial charge on any atom is -0.336 e. The highest BCUT2D eigenvalue weighted by Gasteiger charge is 2.27. The molecule has 0 aromatic heterocycles. The third-order valence-corrected chi connectivity index (χ3v) is 7.05. The lowest BCUT2D eigenvalue weighted by Gasteiger charge is -2.27. The van der Waals surface area contributed by atoms with Crippen LogP contribution in [0.4, 0.5) is 0 Å². The molecular weight excluding hydrogens is 174 g/mol. The topological polar surface area (TPSA) is 12.0 Å². The Labute approximate surface area is 76.6 Å². The first kappa shape index (κ1) is 11.5. The molecule has 0 aromatic carbocycles. The number of halogens is 1. The second kappa shape index (κ2) is 5.17. The van der Waals surface area contributed by atoms with E-state index in [1.54, 1.807) is 0 Å². The van der Waals surface area contributed by atoms with E-state index < -0.39 is 8.24 Å². The lowest BCUT2D eigenvalue weighted by atomic mass is 10.5. The molecule has 0 aliphatic carbocycles. The molecule has 0 radical (unpaired) electrons. The summed E-state index contributed by atoms with van der Waals surface area (Å²) in [5.41, 5.74) is 0. The van der Waals surface area contributed by atoms with Crippen molar-refractivity contribution in [1.29, 1.82) is 0 Å². The second-order valence-electron chi connectivity index (χ2n) is 3.52. The fraction of sp³-hybridized carbons (Fsp3) is 1.00. The molecule has 0 amide bonds. The van der Waals surface area contributed by atoms with Crippen LogP contribution in [0.25, 0.3) is 0 Å². The quantitative estimate of drug-likeness (QED) is 0.523. The van der Waals surface area contributed by atoms with Crippen molar-refractivity contribution in [2.24, 2.45) is 0 Å². The second-order valence-corrected chi connectivity index (χ2v) is 8.91. The Balaban J connectivity index is 3.77. The molecule has 0 aromatic rings. The van der Waals surface area contributed by atoms with Crippen molar-refractivity contribution in [2.75, 3.05) is 6.54 Å². The van der Waals surface area contributed by atoms with Crippen molar-refractivity contribution in [3.8, 4) is 0 Å². The molecular formula is C8H20ClNSi. The lowest BCUT2D eigenvalue weighted by molar-refractivity contribution is 0.817. The Morgan fingerprint density at radius 1 is 1.36 bits per heavy atom. The van der Waals surface area contributed by atoms with Gasteiger partial charge in [0.05, 0.1) is 0 Å². The van der Waals surface area contributed by atoms with Gasteiger partial charge < -0.3 is 4.98 Å². The first-order valence-electron chi connectivity index (χ1n) is 4.43. The summed E-state index contributed by atoms with van der Waals surface area (Å²) in [6.45, 7) is 10.0. The van der Waals surface area contributed by atoms with Crippen molar-refractivity contribution in [2.45, 2.75) is 44.8 Å². The largest absolute Gasteiger partial charge is 0.336 e. The molecule has 0 rings (SSSR count). The van der Waals surface area contributed by atoms with Gasteiger partial charge in [-0.15, -0.1) is 11.6 Å². The van der Waals surface area contributed by atoms with Crippen molar-refractivity contribution < 1.29 is 0 Å². The van der Waals surface area contributed by atoms with Crippen LogP contribution in [0.2, 0.25) is 13.1 Å². The molecule has 1 atom stereocenters. The van der Waals surface area contributed by atoms with E-state index >= 15 is 0 Å². The van der Waals surface area contributed by atoms with Gasteiger partial charge in [-0.3, -0.25) is 0 Å². The van der Waals surface area contributed by atoms with Crippen LogP contribution in [0.1, 0.15) is 26.7 Å². The Morgan fingerprint density at radius 2 is 1.91 bits per heavy atom. The van der Waals surface area contributed by atoms with E-state index in [-0.39, 0.29) is 0 Å². The van der Waals surface area contributed by atoms with Gasteiger partial charge >= 0.3 is 0 Å². The summed E-state index contributed by atoms with van der Waals surface area (Å²) in [4.78, 5) is 3.57. The summed E-state index contributed by atoms with van der Waals surface area (Å²) >= 11 is 6.19. The molecule has 68 valence electrons. The number of hydrogen-bond acceptors (Lipinski definition) is 1. The minimum atomic E-state index is -1.31. The Kier molecular flexibility index (Phi) is 5.39. The summed E-state index contributed by atoms with van der Waals surface area (Å²) in [5, 5.41) is 0.369. The Hall–Kier alpha value is 0.467. The fourth-order valence-corrected chi connectivity index (χ4v) is 3.44. The van der Waals surface area contributed by atoms with Crippen LogP contribution in [-0.4, -0.2) is 19.8 Å². The molecule has 0 aliphatic heterocycles. The molecule has 0 fully saturated rings. The maximum Gasteiger partial charge on any atom is 0.137 e. The van der Waals surface area contributed by atoms with Crippen LogP contribution < -0.4 is 4.98 Å². The number of nitrogens with one attached hydrogen (secondary N) is 1. The van der Waals surface area contributed by atoms with Gasteiger partial charge in [0, 0.05) is 5.00 Å². The van der Waals surface area contributed by atoms with E-state index in [9.17, 15) is 0 Å². The first-order chi connectivity index (χ1) is 5.04. The van der Waals surface area contributed by atoms with Gasteiger partial charge in [0.2, 0.25) is 0 Å². The van der Waals surface area contributed by atoms with Crippen molar-refractivity contribution >= 4 is 19.8 Å². The van der Waals surface area contributed by atoms with Gasteiger partial charge in [0.1, 0.15) is 8.24 Å². The van der Waals surface area contributed by atoms with Crippen LogP contribution >= 0.6 is 11.6 Å². The van der Waals surface area contributed by atoms with E-state index in [2.05, 4.69) is 31.9 Å². The normalized spacial score (nSPS) is 15.0. The minimum absolute atomic E-state index is 0.369. The summed E-state index contributed by atoms with van der Waals surface area (Å²) in [7, 11) is -1.31. The van der Waals surface area contributed by atoms with Crippen LogP contribution in [0.3, 0.4) is 0 Å². The molecule has 0 aliphatic rings. The number of alkyl halides is 1. The van der Waals surface area contributed by atoms with Crippen LogP contribution in [-0.2, 0) is 0 Å². The van der Waals surface area contributed by atoms with Gasteiger partial charge in [-0.2, -0.15) is 0 Å². The third kappa shape index (κ3) is 4.14. The Morgan fingerprint density at radius 3 is 2.27 bits per heavy atom. The molecule has 0 saturated carbocycles. The maximum absolute atomic E-state index is 6.19. The average molecular weight is 194 g/mol. The van der Waals surface area contributed by atoms with E-state index in [4.69, 9.17) is 11.6 Å². The molecule has 3 heteroatoms. The molecule has 1 nitrogen and oxygen atoms in total.